The molecule has 0 unspecified atom stereocenters. The first-order valence-corrected chi connectivity index (χ1v) is 6.76. The number of hydrogen-bond donors (Lipinski definition) is 4. The number of anilines is 1. The molecular weight excluding hydrogens is 304 g/mol. The van der Waals surface area contributed by atoms with Crippen LogP contribution in [0.2, 0.25) is 0 Å². The predicted molar refractivity (Wildman–Crippen MR) is 72.2 cm³/mol. The van der Waals surface area contributed by atoms with Gasteiger partial charge in [0.25, 0.3) is 0 Å². The van der Waals surface area contributed by atoms with Crippen molar-refractivity contribution < 1.29 is 22.4 Å². The molecule has 0 spiro atoms. The summed E-state index contributed by atoms with van der Waals surface area (Å²) >= 11 is 0. The average Bonchev–Trinajstić information content (AvgIpc) is 2.48. The van der Waals surface area contributed by atoms with E-state index in [-0.39, 0.29) is 11.7 Å². The summed E-state index contributed by atoms with van der Waals surface area (Å²) in [6, 6.07) is 4.14. The topological polar surface area (TPSA) is 65.2 Å². The summed E-state index contributed by atoms with van der Waals surface area (Å²) in [6.45, 7) is 1.59. The van der Waals surface area contributed by atoms with Gasteiger partial charge in [0.2, 0.25) is 0 Å². The number of nitrogens with one attached hydrogen (secondary N) is 4. The molecule has 4 N–H and O–H groups in total. The maximum atomic E-state index is 13.9. The lowest BCUT2D eigenvalue weighted by Gasteiger charge is -2.24. The molecule has 1 saturated heterocycles. The standard InChI is InChI=1S/C13H16F4N4O/c14-11-2-1-9(19-21-20-12(22)13(15,16)17)7-10(11)8-3-5-18-6-4-8/h1-2,7-8,18-19,21H,3-6H2,(H,20,22). The minimum atomic E-state index is -4.97. The number of carbonyl (C=O) groups is 1. The third-order valence-electron chi connectivity index (χ3n) is 3.42. The minimum Gasteiger partial charge on any atom is -0.317 e. The Labute approximate surface area is 124 Å². The fourth-order valence-electron chi connectivity index (χ4n) is 2.30. The van der Waals surface area contributed by atoms with E-state index in [0.717, 1.165) is 25.9 Å². The van der Waals surface area contributed by atoms with E-state index >= 15 is 0 Å². The highest BCUT2D eigenvalue weighted by Gasteiger charge is 2.38. The molecule has 0 aromatic heterocycles. The molecule has 1 heterocycles. The van der Waals surface area contributed by atoms with Crippen molar-refractivity contribution in [3.05, 3.63) is 29.6 Å². The minimum absolute atomic E-state index is 0.0627. The van der Waals surface area contributed by atoms with Crippen molar-refractivity contribution in [1.29, 1.82) is 0 Å². The highest BCUT2D eigenvalue weighted by molar-refractivity contribution is 5.81. The molecule has 0 saturated carbocycles. The molecule has 9 heteroatoms. The van der Waals surface area contributed by atoms with E-state index in [1.165, 1.54) is 23.6 Å². The van der Waals surface area contributed by atoms with Gasteiger partial charge in [0, 0.05) is 0 Å². The summed E-state index contributed by atoms with van der Waals surface area (Å²) in [4.78, 5) is 10.6. The van der Waals surface area contributed by atoms with Crippen LogP contribution < -0.4 is 21.7 Å². The van der Waals surface area contributed by atoms with Gasteiger partial charge in [-0.1, -0.05) is 0 Å². The van der Waals surface area contributed by atoms with Crippen molar-refractivity contribution in [2.24, 2.45) is 0 Å². The first kappa shape index (κ1) is 16.5. The van der Waals surface area contributed by atoms with E-state index in [0.29, 0.717) is 11.3 Å². The van der Waals surface area contributed by atoms with E-state index in [9.17, 15) is 22.4 Å². The normalized spacial score (nSPS) is 16.4. The van der Waals surface area contributed by atoms with Gasteiger partial charge >= 0.3 is 12.1 Å². The van der Waals surface area contributed by atoms with Crippen LogP contribution in [0.4, 0.5) is 23.2 Å². The van der Waals surface area contributed by atoms with Gasteiger partial charge in [-0.15, -0.1) is 5.53 Å². The van der Waals surface area contributed by atoms with E-state index in [4.69, 9.17) is 0 Å². The zero-order valence-electron chi connectivity index (χ0n) is 11.6. The molecule has 22 heavy (non-hydrogen) atoms. The van der Waals surface area contributed by atoms with Crippen LogP contribution in [-0.2, 0) is 4.79 Å². The Kier molecular flexibility index (Phi) is 5.19. The lowest BCUT2D eigenvalue weighted by atomic mass is 9.89. The molecule has 1 aromatic rings. The maximum absolute atomic E-state index is 13.9. The third kappa shape index (κ3) is 4.31. The molecule has 0 bridgehead atoms. The number of amides is 1. The van der Waals surface area contributed by atoms with Crippen LogP contribution in [0, 0.1) is 5.82 Å². The van der Waals surface area contributed by atoms with Crippen molar-refractivity contribution in [3.8, 4) is 0 Å². The van der Waals surface area contributed by atoms with Gasteiger partial charge < -0.3 is 10.7 Å². The summed E-state index contributed by atoms with van der Waals surface area (Å²) in [7, 11) is 0. The Morgan fingerprint density at radius 1 is 1.23 bits per heavy atom. The first-order chi connectivity index (χ1) is 10.4. The van der Waals surface area contributed by atoms with Crippen molar-refractivity contribution >= 4 is 11.6 Å². The van der Waals surface area contributed by atoms with Gasteiger partial charge in [-0.25, -0.2) is 4.39 Å². The number of hydrogen-bond acceptors (Lipinski definition) is 4. The molecule has 2 rings (SSSR count). The van der Waals surface area contributed by atoms with Crippen LogP contribution in [0.3, 0.4) is 0 Å². The van der Waals surface area contributed by atoms with Crippen LogP contribution >= 0.6 is 0 Å². The number of benzene rings is 1. The van der Waals surface area contributed by atoms with Crippen LogP contribution in [0.15, 0.2) is 18.2 Å². The molecule has 1 fully saturated rings. The Balaban J connectivity index is 1.96. The number of halogens is 4. The van der Waals surface area contributed by atoms with Gasteiger partial charge in [0.1, 0.15) is 5.82 Å². The molecule has 1 aliphatic rings. The number of rotatable bonds is 4. The van der Waals surface area contributed by atoms with Crippen molar-refractivity contribution in [2.45, 2.75) is 24.9 Å². The Hall–Kier alpha value is -1.87. The molecule has 1 aromatic carbocycles. The van der Waals surface area contributed by atoms with E-state index in [1.54, 1.807) is 0 Å². The summed E-state index contributed by atoms with van der Waals surface area (Å²) in [6.07, 6.45) is -3.39. The summed E-state index contributed by atoms with van der Waals surface area (Å²) < 4.78 is 49.9. The maximum Gasteiger partial charge on any atom is 0.472 e. The number of hydrazine groups is 2. The fraction of sp³-hybridized carbons (Fsp3) is 0.462. The lowest BCUT2D eigenvalue weighted by Crippen LogP contribution is -2.47. The molecular formula is C13H16F4N4O. The molecule has 1 amide bonds. The molecule has 0 radical (unpaired) electrons. The molecule has 0 aliphatic carbocycles. The number of piperidine rings is 1. The van der Waals surface area contributed by atoms with E-state index < -0.39 is 12.1 Å². The van der Waals surface area contributed by atoms with Crippen molar-refractivity contribution in [2.75, 3.05) is 18.5 Å². The van der Waals surface area contributed by atoms with E-state index in [2.05, 4.69) is 10.7 Å². The SMILES string of the molecule is O=C(NNNc1ccc(F)c(C2CCNCC2)c1)C(F)(F)F. The largest absolute Gasteiger partial charge is 0.472 e. The van der Waals surface area contributed by atoms with Crippen LogP contribution in [0.5, 0.6) is 0 Å². The zero-order chi connectivity index (χ0) is 16.2. The number of carbonyl (C=O) groups excluding carboxylic acids is 1. The zero-order valence-corrected chi connectivity index (χ0v) is 11.6. The van der Waals surface area contributed by atoms with Crippen LogP contribution in [0.25, 0.3) is 0 Å². The Bertz CT molecular complexity index is 529. The smallest absolute Gasteiger partial charge is 0.317 e. The molecule has 0 atom stereocenters. The van der Waals surface area contributed by atoms with Gasteiger partial charge in [-0.05, 0) is 55.6 Å². The molecule has 5 nitrogen and oxygen atoms in total. The highest BCUT2D eigenvalue weighted by atomic mass is 19.4. The average molecular weight is 320 g/mol. The summed E-state index contributed by atoms with van der Waals surface area (Å²) in [5.41, 5.74) is 6.67. The Morgan fingerprint density at radius 3 is 2.55 bits per heavy atom. The second kappa shape index (κ2) is 6.93. The van der Waals surface area contributed by atoms with Crippen LogP contribution in [0.1, 0.15) is 24.3 Å². The van der Waals surface area contributed by atoms with Gasteiger partial charge in [0.05, 0.1) is 5.69 Å². The quantitative estimate of drug-likeness (QED) is 0.505. The second-order valence-electron chi connectivity index (χ2n) is 4.96. The second-order valence-corrected chi connectivity index (χ2v) is 4.96. The lowest BCUT2D eigenvalue weighted by molar-refractivity contribution is -0.174. The van der Waals surface area contributed by atoms with Gasteiger partial charge in [-0.2, -0.15) is 13.2 Å². The summed E-state index contributed by atoms with van der Waals surface area (Å²) in [5, 5.41) is 3.17. The molecule has 1 aliphatic heterocycles. The van der Waals surface area contributed by atoms with Crippen LogP contribution in [-0.4, -0.2) is 25.2 Å². The molecule has 122 valence electrons. The van der Waals surface area contributed by atoms with Crippen molar-refractivity contribution in [1.82, 2.24) is 16.3 Å². The van der Waals surface area contributed by atoms with Gasteiger partial charge in [-0.3, -0.25) is 10.2 Å². The van der Waals surface area contributed by atoms with E-state index in [1.807, 2.05) is 5.53 Å². The predicted octanol–water partition coefficient (Wildman–Crippen LogP) is 1.80. The third-order valence-corrected chi connectivity index (χ3v) is 3.42. The van der Waals surface area contributed by atoms with Crippen molar-refractivity contribution in [3.63, 3.8) is 0 Å². The fourth-order valence-corrected chi connectivity index (χ4v) is 2.30. The Morgan fingerprint density at radius 2 is 1.91 bits per heavy atom. The highest BCUT2D eigenvalue weighted by Crippen LogP contribution is 2.29. The number of alkyl halides is 3. The van der Waals surface area contributed by atoms with Gasteiger partial charge in [0.15, 0.2) is 0 Å². The first-order valence-electron chi connectivity index (χ1n) is 6.76. The monoisotopic (exact) mass is 320 g/mol. The summed E-state index contributed by atoms with van der Waals surface area (Å²) in [5.74, 6) is -2.41.